The summed E-state index contributed by atoms with van der Waals surface area (Å²) in [5, 5.41) is 1.06. The number of rotatable bonds is 5. The van der Waals surface area contributed by atoms with Crippen LogP contribution in [0.15, 0.2) is 85.1 Å². The lowest BCUT2D eigenvalue weighted by Gasteiger charge is -2.21. The number of nitrogens with zero attached hydrogens (tertiary/aromatic N) is 1. The van der Waals surface area contributed by atoms with E-state index in [1.165, 1.54) is 12.1 Å². The van der Waals surface area contributed by atoms with Crippen LogP contribution in [0.2, 0.25) is 0 Å². The molecule has 0 aliphatic rings. The molecule has 1 unspecified atom stereocenters. The molecule has 0 fully saturated rings. The van der Waals surface area contributed by atoms with Gasteiger partial charge < -0.3 is 10.5 Å². The molecule has 0 amide bonds. The minimum absolute atomic E-state index is 0.249. The average Bonchev–Trinajstić information content (AvgIpc) is 2.70. The van der Waals surface area contributed by atoms with E-state index in [1.54, 1.807) is 18.3 Å². The molecule has 0 aliphatic carbocycles. The van der Waals surface area contributed by atoms with Crippen LogP contribution in [0, 0.1) is 5.82 Å². The smallest absolute Gasteiger partial charge is 0.130 e. The van der Waals surface area contributed by atoms with Crippen molar-refractivity contribution in [2.75, 3.05) is 5.73 Å². The number of pyridine rings is 1. The monoisotopic (exact) mass is 358 g/mol. The highest BCUT2D eigenvalue weighted by atomic mass is 19.1. The summed E-state index contributed by atoms with van der Waals surface area (Å²) in [6.45, 7) is 0. The lowest BCUT2D eigenvalue weighted by Crippen LogP contribution is -2.12. The Bertz CT molecular complexity index is 993. The fourth-order valence-corrected chi connectivity index (χ4v) is 3.15. The van der Waals surface area contributed by atoms with Crippen molar-refractivity contribution in [1.29, 1.82) is 0 Å². The molecule has 4 heteroatoms. The molecule has 1 atom stereocenters. The van der Waals surface area contributed by atoms with E-state index in [0.29, 0.717) is 12.1 Å². The molecule has 3 aromatic carbocycles. The van der Waals surface area contributed by atoms with Crippen LogP contribution in [-0.2, 0) is 6.42 Å². The highest BCUT2D eigenvalue weighted by molar-refractivity contribution is 5.82. The number of ether oxygens (including phenoxy) is 1. The Hall–Kier alpha value is -3.40. The number of anilines is 1. The van der Waals surface area contributed by atoms with Gasteiger partial charge in [-0.15, -0.1) is 0 Å². The first-order valence-electron chi connectivity index (χ1n) is 8.79. The van der Waals surface area contributed by atoms with Crippen LogP contribution in [-0.4, -0.2) is 4.98 Å². The van der Waals surface area contributed by atoms with Crippen LogP contribution >= 0.6 is 0 Å². The fourth-order valence-electron chi connectivity index (χ4n) is 3.15. The van der Waals surface area contributed by atoms with Crippen LogP contribution < -0.4 is 10.5 Å². The van der Waals surface area contributed by atoms with Crippen molar-refractivity contribution in [2.24, 2.45) is 0 Å². The summed E-state index contributed by atoms with van der Waals surface area (Å²) in [4.78, 5) is 4.55. The van der Waals surface area contributed by atoms with Gasteiger partial charge in [0.25, 0.3) is 0 Å². The third kappa shape index (κ3) is 3.90. The van der Waals surface area contributed by atoms with Gasteiger partial charge in [0.2, 0.25) is 0 Å². The van der Waals surface area contributed by atoms with Gasteiger partial charge >= 0.3 is 0 Å². The van der Waals surface area contributed by atoms with Crippen molar-refractivity contribution >= 4 is 16.6 Å². The van der Waals surface area contributed by atoms with E-state index in [2.05, 4.69) is 4.98 Å². The molecule has 0 bridgehead atoms. The second kappa shape index (κ2) is 7.46. The molecule has 1 heterocycles. The molecule has 0 aliphatic heterocycles. The van der Waals surface area contributed by atoms with E-state index in [1.807, 2.05) is 54.6 Å². The average molecular weight is 358 g/mol. The highest BCUT2D eigenvalue weighted by Crippen LogP contribution is 2.30. The lowest BCUT2D eigenvalue weighted by molar-refractivity contribution is 0.207. The predicted octanol–water partition coefficient (Wildman–Crippen LogP) is 5.32. The Morgan fingerprint density at radius 3 is 2.41 bits per heavy atom. The van der Waals surface area contributed by atoms with Crippen molar-refractivity contribution in [1.82, 2.24) is 4.98 Å². The summed E-state index contributed by atoms with van der Waals surface area (Å²) < 4.78 is 19.6. The van der Waals surface area contributed by atoms with E-state index >= 15 is 0 Å². The highest BCUT2D eigenvalue weighted by Gasteiger charge is 2.18. The predicted molar refractivity (Wildman–Crippen MR) is 106 cm³/mol. The Labute approximate surface area is 157 Å². The van der Waals surface area contributed by atoms with E-state index in [0.717, 1.165) is 27.8 Å². The van der Waals surface area contributed by atoms with Crippen molar-refractivity contribution in [3.8, 4) is 5.75 Å². The van der Waals surface area contributed by atoms with E-state index < -0.39 is 0 Å². The number of aromatic nitrogens is 1. The van der Waals surface area contributed by atoms with Gasteiger partial charge in [-0.05, 0) is 48.0 Å². The number of halogens is 1. The van der Waals surface area contributed by atoms with E-state index in [9.17, 15) is 4.39 Å². The minimum Gasteiger partial charge on any atom is -0.485 e. The third-order valence-electron chi connectivity index (χ3n) is 4.50. The number of hydrogen-bond donors (Lipinski definition) is 1. The summed E-state index contributed by atoms with van der Waals surface area (Å²) in [5.41, 5.74) is 9.35. The van der Waals surface area contributed by atoms with Crippen LogP contribution in [0.5, 0.6) is 5.75 Å². The molecule has 0 saturated carbocycles. The zero-order valence-electron chi connectivity index (χ0n) is 14.7. The molecular formula is C23H19FN2O. The van der Waals surface area contributed by atoms with Crippen molar-refractivity contribution in [2.45, 2.75) is 12.5 Å². The van der Waals surface area contributed by atoms with Gasteiger partial charge in [0.1, 0.15) is 17.7 Å². The van der Waals surface area contributed by atoms with E-state index in [4.69, 9.17) is 10.5 Å². The Kier molecular flexibility index (Phi) is 4.71. The molecule has 0 spiro atoms. The van der Waals surface area contributed by atoms with Gasteiger partial charge in [-0.1, -0.05) is 36.4 Å². The zero-order valence-corrected chi connectivity index (χ0v) is 14.7. The molecular weight excluding hydrogens is 339 g/mol. The van der Waals surface area contributed by atoms with Crippen molar-refractivity contribution in [3.63, 3.8) is 0 Å². The maximum Gasteiger partial charge on any atom is 0.130 e. The first-order valence-corrected chi connectivity index (χ1v) is 8.79. The quantitative estimate of drug-likeness (QED) is 0.491. The number of para-hydroxylation sites is 1. The van der Waals surface area contributed by atoms with E-state index in [-0.39, 0.29) is 11.9 Å². The maximum atomic E-state index is 13.3. The van der Waals surface area contributed by atoms with Gasteiger partial charge in [-0.25, -0.2) is 4.39 Å². The minimum atomic E-state index is -0.266. The molecule has 4 rings (SSSR count). The number of benzene rings is 3. The fraction of sp³-hybridized carbons (Fsp3) is 0.0870. The molecule has 2 N–H and O–H groups in total. The largest absolute Gasteiger partial charge is 0.485 e. The topological polar surface area (TPSA) is 48.1 Å². The molecule has 4 aromatic rings. The normalized spacial score (nSPS) is 12.0. The van der Waals surface area contributed by atoms with Crippen LogP contribution in [0.4, 0.5) is 10.1 Å². The van der Waals surface area contributed by atoms with Crippen LogP contribution in [0.1, 0.15) is 17.2 Å². The summed E-state index contributed by atoms with van der Waals surface area (Å²) in [5.74, 6) is 0.478. The van der Waals surface area contributed by atoms with Gasteiger partial charge in [-0.3, -0.25) is 4.98 Å². The Morgan fingerprint density at radius 1 is 0.889 bits per heavy atom. The van der Waals surface area contributed by atoms with Gasteiger partial charge in [0.05, 0.1) is 5.52 Å². The standard InChI is InChI=1S/C23H19FN2O/c24-18-8-6-16(7-9-18)15-22(27-20-12-10-19(25)11-13-20)21-5-1-3-17-4-2-14-26-23(17)21/h1-14,22H,15,25H2. The van der Waals surface area contributed by atoms with Crippen LogP contribution in [0.25, 0.3) is 10.9 Å². The molecule has 134 valence electrons. The van der Waals surface area contributed by atoms with Crippen molar-refractivity contribution < 1.29 is 9.13 Å². The van der Waals surface area contributed by atoms with Gasteiger partial charge in [0, 0.05) is 29.3 Å². The van der Waals surface area contributed by atoms with Crippen LogP contribution in [0.3, 0.4) is 0 Å². The van der Waals surface area contributed by atoms with Crippen molar-refractivity contribution in [3.05, 3.63) is 102 Å². The van der Waals surface area contributed by atoms with Gasteiger partial charge in [-0.2, -0.15) is 0 Å². The molecule has 1 aromatic heterocycles. The number of nitrogens with two attached hydrogens (primary N) is 1. The second-order valence-electron chi connectivity index (χ2n) is 6.43. The molecule has 3 nitrogen and oxygen atoms in total. The Morgan fingerprint density at radius 2 is 1.63 bits per heavy atom. The summed E-state index contributed by atoms with van der Waals surface area (Å²) in [6.07, 6.45) is 2.11. The first-order chi connectivity index (χ1) is 13.2. The second-order valence-corrected chi connectivity index (χ2v) is 6.43. The molecule has 27 heavy (non-hydrogen) atoms. The number of fused-ring (bicyclic) bond motifs is 1. The van der Waals surface area contributed by atoms with Gasteiger partial charge in [0.15, 0.2) is 0 Å². The number of nitrogen functional groups attached to an aromatic ring is 1. The third-order valence-corrected chi connectivity index (χ3v) is 4.50. The first kappa shape index (κ1) is 17.0. The summed E-state index contributed by atoms with van der Waals surface area (Å²) in [6, 6.07) is 23.9. The SMILES string of the molecule is Nc1ccc(OC(Cc2ccc(F)cc2)c2cccc3cccnc23)cc1. The lowest BCUT2D eigenvalue weighted by atomic mass is 9.98. The Balaban J connectivity index is 1.74. The summed E-state index contributed by atoms with van der Waals surface area (Å²) >= 11 is 0. The zero-order chi connectivity index (χ0) is 18.6. The molecule has 0 radical (unpaired) electrons. The molecule has 0 saturated heterocycles. The number of hydrogen-bond acceptors (Lipinski definition) is 3. The maximum absolute atomic E-state index is 13.3. The summed E-state index contributed by atoms with van der Waals surface area (Å²) in [7, 11) is 0.